The zero-order chi connectivity index (χ0) is 13.1. The van der Waals surface area contributed by atoms with E-state index in [1.54, 1.807) is 6.07 Å². The monoisotopic (exact) mass is 270 g/mol. The number of rotatable bonds is 2. The van der Waals surface area contributed by atoms with Gasteiger partial charge in [0.2, 0.25) is 0 Å². The number of hydrogen-bond donors (Lipinski definition) is 1. The van der Waals surface area contributed by atoms with Gasteiger partial charge < -0.3 is 5.73 Å². The first-order valence-electron chi connectivity index (χ1n) is 6.49. The van der Waals surface area contributed by atoms with Crippen molar-refractivity contribution in [3.8, 4) is 0 Å². The number of hydrogen-bond acceptors (Lipinski definition) is 2. The fourth-order valence-corrected chi connectivity index (χ4v) is 3.09. The van der Waals surface area contributed by atoms with Crippen LogP contribution in [0.3, 0.4) is 0 Å². The summed E-state index contributed by atoms with van der Waals surface area (Å²) in [4.78, 5) is 2.21. The summed E-state index contributed by atoms with van der Waals surface area (Å²) in [5, 5.41) is 0.195. The number of halogens is 2. The Labute approximate surface area is 113 Å². The molecule has 1 aromatic carbocycles. The van der Waals surface area contributed by atoms with Gasteiger partial charge in [0.25, 0.3) is 0 Å². The van der Waals surface area contributed by atoms with Gasteiger partial charge >= 0.3 is 0 Å². The molecule has 2 rings (SSSR count). The van der Waals surface area contributed by atoms with Crippen LogP contribution < -0.4 is 5.73 Å². The molecule has 0 aromatic heterocycles. The van der Waals surface area contributed by atoms with E-state index in [2.05, 4.69) is 4.90 Å². The predicted molar refractivity (Wildman–Crippen MR) is 73.2 cm³/mol. The Bertz CT molecular complexity index is 411. The molecule has 1 fully saturated rings. The zero-order valence-electron chi connectivity index (χ0n) is 10.7. The van der Waals surface area contributed by atoms with Crippen molar-refractivity contribution >= 4 is 11.6 Å². The van der Waals surface area contributed by atoms with Crippen molar-refractivity contribution in [3.63, 3.8) is 0 Å². The Balaban J connectivity index is 2.39. The van der Waals surface area contributed by atoms with E-state index in [1.807, 2.05) is 19.2 Å². The van der Waals surface area contributed by atoms with E-state index in [4.69, 9.17) is 17.3 Å². The van der Waals surface area contributed by atoms with Crippen LogP contribution in [-0.2, 0) is 0 Å². The highest BCUT2D eigenvalue weighted by Gasteiger charge is 2.30. The van der Waals surface area contributed by atoms with Crippen LogP contribution >= 0.6 is 11.6 Å². The molecule has 2 unspecified atom stereocenters. The Kier molecular flexibility index (Phi) is 4.60. The lowest BCUT2D eigenvalue weighted by molar-refractivity contribution is 0.191. The molecular weight excluding hydrogens is 251 g/mol. The Hall–Kier alpha value is -0.640. The quantitative estimate of drug-likeness (QED) is 0.894. The van der Waals surface area contributed by atoms with Crippen molar-refractivity contribution in [3.05, 3.63) is 34.6 Å². The lowest BCUT2D eigenvalue weighted by Gasteiger charge is -2.32. The molecule has 18 heavy (non-hydrogen) atoms. The second-order valence-corrected chi connectivity index (χ2v) is 5.47. The molecule has 2 N–H and O–H groups in total. The van der Waals surface area contributed by atoms with Crippen LogP contribution in [0.4, 0.5) is 4.39 Å². The highest BCUT2D eigenvalue weighted by Crippen LogP contribution is 2.36. The molecule has 1 aromatic rings. The van der Waals surface area contributed by atoms with Crippen LogP contribution in [-0.4, -0.2) is 25.0 Å². The molecule has 0 spiro atoms. The molecule has 4 heteroatoms. The number of nitrogens with two attached hydrogens (primary N) is 1. The molecule has 1 aliphatic rings. The molecule has 0 radical (unpaired) electrons. The van der Waals surface area contributed by atoms with Gasteiger partial charge in [-0.2, -0.15) is 0 Å². The van der Waals surface area contributed by atoms with Gasteiger partial charge in [-0.1, -0.05) is 30.2 Å². The van der Waals surface area contributed by atoms with Crippen molar-refractivity contribution in [2.75, 3.05) is 20.1 Å². The Morgan fingerprint density at radius 2 is 2.22 bits per heavy atom. The molecule has 100 valence electrons. The van der Waals surface area contributed by atoms with Crippen LogP contribution in [0.15, 0.2) is 18.2 Å². The average Bonchev–Trinajstić information content (AvgIpc) is 2.54. The summed E-state index contributed by atoms with van der Waals surface area (Å²) >= 11 is 5.89. The molecule has 1 heterocycles. The number of likely N-dealkylation sites (tertiary alicyclic amines) is 1. The van der Waals surface area contributed by atoms with Gasteiger partial charge in [-0.05, 0) is 45.0 Å². The molecule has 1 saturated heterocycles. The second-order valence-electron chi connectivity index (χ2n) is 5.06. The first kappa shape index (κ1) is 13.8. The second kappa shape index (κ2) is 6.00. The normalized spacial score (nSPS) is 26.0. The van der Waals surface area contributed by atoms with Gasteiger partial charge in [0.1, 0.15) is 5.82 Å². The van der Waals surface area contributed by atoms with Crippen molar-refractivity contribution in [1.82, 2.24) is 4.90 Å². The topological polar surface area (TPSA) is 29.3 Å². The Morgan fingerprint density at radius 1 is 1.44 bits per heavy atom. The van der Waals surface area contributed by atoms with Gasteiger partial charge in [0, 0.05) is 11.6 Å². The fraction of sp³-hybridized carbons (Fsp3) is 0.571. The van der Waals surface area contributed by atoms with E-state index in [9.17, 15) is 4.39 Å². The highest BCUT2D eigenvalue weighted by atomic mass is 35.5. The molecule has 0 bridgehead atoms. The van der Waals surface area contributed by atoms with Crippen molar-refractivity contribution in [2.45, 2.75) is 25.3 Å². The van der Waals surface area contributed by atoms with E-state index in [0.717, 1.165) is 25.8 Å². The van der Waals surface area contributed by atoms with Gasteiger partial charge in [-0.25, -0.2) is 4.39 Å². The van der Waals surface area contributed by atoms with Crippen LogP contribution in [0.5, 0.6) is 0 Å². The number of benzene rings is 1. The molecule has 0 amide bonds. The van der Waals surface area contributed by atoms with E-state index in [-0.39, 0.29) is 16.9 Å². The minimum Gasteiger partial charge on any atom is -0.330 e. The molecule has 2 atom stereocenters. The predicted octanol–water partition coefficient (Wildman–Crippen LogP) is 3.21. The van der Waals surface area contributed by atoms with Crippen molar-refractivity contribution in [1.29, 1.82) is 0 Å². The lowest BCUT2D eigenvalue weighted by Crippen LogP contribution is -2.33. The van der Waals surface area contributed by atoms with Crippen LogP contribution in [0.1, 0.15) is 30.9 Å². The highest BCUT2D eigenvalue weighted by molar-refractivity contribution is 6.30. The van der Waals surface area contributed by atoms with Gasteiger partial charge in [0.05, 0.1) is 5.02 Å². The summed E-state index contributed by atoms with van der Waals surface area (Å²) in [7, 11) is 2.04. The average molecular weight is 271 g/mol. The minimum absolute atomic E-state index is 0.0381. The fourth-order valence-electron chi connectivity index (χ4n) is 2.91. The summed E-state index contributed by atoms with van der Waals surface area (Å²) in [5.74, 6) is 0.00170. The standard InChI is InChI=1S/C14H20ClFN2/c1-18-8-3-2-5-10(9-17)14(18)11-6-4-7-12(15)13(11)16/h4,6-7,10,14H,2-3,5,8-9,17H2,1H3. The smallest absolute Gasteiger partial charge is 0.146 e. The van der Waals surface area contributed by atoms with Gasteiger partial charge in [-0.15, -0.1) is 0 Å². The van der Waals surface area contributed by atoms with E-state index in [1.165, 1.54) is 0 Å². The van der Waals surface area contributed by atoms with Gasteiger partial charge in [-0.3, -0.25) is 4.90 Å². The maximum atomic E-state index is 14.2. The number of nitrogens with zero attached hydrogens (tertiary/aromatic N) is 1. The minimum atomic E-state index is -0.295. The SMILES string of the molecule is CN1CCCCC(CN)C1c1cccc(Cl)c1F. The third-order valence-corrected chi connectivity index (χ3v) is 4.15. The third-order valence-electron chi connectivity index (χ3n) is 3.86. The molecule has 0 aliphatic carbocycles. The summed E-state index contributed by atoms with van der Waals surface area (Å²) in [5.41, 5.74) is 6.55. The van der Waals surface area contributed by atoms with Crippen LogP contribution in [0.25, 0.3) is 0 Å². The van der Waals surface area contributed by atoms with Gasteiger partial charge in [0.15, 0.2) is 0 Å². The maximum Gasteiger partial charge on any atom is 0.146 e. The summed E-state index contributed by atoms with van der Waals surface area (Å²) in [6.45, 7) is 1.56. The van der Waals surface area contributed by atoms with Crippen LogP contribution in [0.2, 0.25) is 5.02 Å². The third kappa shape index (κ3) is 2.68. The van der Waals surface area contributed by atoms with E-state index < -0.39 is 0 Å². The van der Waals surface area contributed by atoms with E-state index >= 15 is 0 Å². The van der Waals surface area contributed by atoms with Crippen molar-refractivity contribution < 1.29 is 4.39 Å². The first-order chi connectivity index (χ1) is 8.65. The van der Waals surface area contributed by atoms with E-state index in [0.29, 0.717) is 18.0 Å². The molecule has 2 nitrogen and oxygen atoms in total. The first-order valence-corrected chi connectivity index (χ1v) is 6.87. The lowest BCUT2D eigenvalue weighted by atomic mass is 9.89. The maximum absolute atomic E-state index is 14.2. The summed E-state index contributed by atoms with van der Waals surface area (Å²) in [6.07, 6.45) is 3.36. The molecule has 0 saturated carbocycles. The summed E-state index contributed by atoms with van der Waals surface area (Å²) < 4.78 is 14.2. The Morgan fingerprint density at radius 3 is 2.94 bits per heavy atom. The summed E-state index contributed by atoms with van der Waals surface area (Å²) in [6, 6.07) is 5.27. The van der Waals surface area contributed by atoms with Crippen LogP contribution in [0, 0.1) is 11.7 Å². The largest absolute Gasteiger partial charge is 0.330 e. The molecule has 1 aliphatic heterocycles. The zero-order valence-corrected chi connectivity index (χ0v) is 11.5. The van der Waals surface area contributed by atoms with Crippen molar-refractivity contribution in [2.24, 2.45) is 11.7 Å². The molecular formula is C14H20ClFN2.